The predicted molar refractivity (Wildman–Crippen MR) is 105 cm³/mol. The number of hydrogen-bond donors (Lipinski definition) is 1. The third-order valence-electron chi connectivity index (χ3n) is 3.50. The Morgan fingerprint density at radius 2 is 2.04 bits per heavy atom. The number of nitro benzene ring substituents is 1. The number of benzene rings is 2. The summed E-state index contributed by atoms with van der Waals surface area (Å²) in [6.45, 7) is 0. The van der Waals surface area contributed by atoms with Gasteiger partial charge in [0.15, 0.2) is 0 Å². The molecule has 0 unspecified atom stereocenters. The van der Waals surface area contributed by atoms with Crippen molar-refractivity contribution in [2.45, 2.75) is 0 Å². The van der Waals surface area contributed by atoms with Gasteiger partial charge in [0.1, 0.15) is 11.5 Å². The Morgan fingerprint density at radius 1 is 1.22 bits per heavy atom. The molecule has 0 aliphatic rings. The summed E-state index contributed by atoms with van der Waals surface area (Å²) in [5.74, 6) is 0.500. The van der Waals surface area contributed by atoms with Crippen LogP contribution >= 0.6 is 27.5 Å². The lowest BCUT2D eigenvalue weighted by molar-refractivity contribution is -0.384. The third kappa shape index (κ3) is 4.60. The highest BCUT2D eigenvalue weighted by molar-refractivity contribution is 9.10. The summed E-state index contributed by atoms with van der Waals surface area (Å²) < 4.78 is 6.17. The second-order valence-electron chi connectivity index (χ2n) is 5.33. The summed E-state index contributed by atoms with van der Waals surface area (Å²) in [7, 11) is 0. The molecule has 0 bridgehead atoms. The van der Waals surface area contributed by atoms with Crippen LogP contribution in [0.25, 0.3) is 11.3 Å². The number of halogens is 2. The monoisotopic (exact) mass is 447 g/mol. The maximum Gasteiger partial charge on any atom is 0.271 e. The molecule has 9 heteroatoms. The van der Waals surface area contributed by atoms with Gasteiger partial charge in [-0.25, -0.2) is 5.43 Å². The summed E-state index contributed by atoms with van der Waals surface area (Å²) in [6.07, 6.45) is 1.35. The van der Waals surface area contributed by atoms with E-state index < -0.39 is 10.8 Å². The highest BCUT2D eigenvalue weighted by Gasteiger charge is 2.13. The second-order valence-corrected chi connectivity index (χ2v) is 6.62. The zero-order valence-corrected chi connectivity index (χ0v) is 15.9. The molecule has 1 aromatic heterocycles. The van der Waals surface area contributed by atoms with Crippen LogP contribution in [0.2, 0.25) is 5.02 Å². The molecule has 0 spiro atoms. The van der Waals surface area contributed by atoms with Gasteiger partial charge < -0.3 is 4.42 Å². The Kier molecular flexibility index (Phi) is 5.68. The van der Waals surface area contributed by atoms with E-state index in [1.807, 2.05) is 0 Å². The Bertz CT molecular complexity index is 1050. The van der Waals surface area contributed by atoms with Gasteiger partial charge in [-0.2, -0.15) is 5.10 Å². The molecule has 0 fully saturated rings. The zero-order chi connectivity index (χ0) is 19.4. The number of non-ortho nitro benzene ring substituents is 1. The van der Waals surface area contributed by atoms with Gasteiger partial charge in [-0.3, -0.25) is 14.9 Å². The third-order valence-corrected chi connectivity index (χ3v) is 4.39. The molecule has 0 saturated heterocycles. The molecule has 0 radical (unpaired) electrons. The van der Waals surface area contributed by atoms with Gasteiger partial charge in [0.2, 0.25) is 0 Å². The molecule has 1 amide bonds. The standard InChI is InChI=1S/C18H11BrClN3O4/c19-16-9-13(23(25)26)4-6-15(16)17-7-5-14(27-17)10-21-22-18(24)11-2-1-3-12(20)8-11/h1-10H,(H,22,24)/b21-10+. The fraction of sp³-hybridized carbons (Fsp3) is 0. The number of amides is 1. The van der Waals surface area contributed by atoms with Crippen molar-refractivity contribution in [3.63, 3.8) is 0 Å². The van der Waals surface area contributed by atoms with Crippen molar-refractivity contribution in [2.75, 3.05) is 0 Å². The highest BCUT2D eigenvalue weighted by atomic mass is 79.9. The van der Waals surface area contributed by atoms with Gasteiger partial charge in [0, 0.05) is 32.8 Å². The lowest BCUT2D eigenvalue weighted by Gasteiger charge is -2.01. The van der Waals surface area contributed by atoms with Gasteiger partial charge in [0.05, 0.1) is 11.1 Å². The normalized spacial score (nSPS) is 10.9. The molecule has 136 valence electrons. The van der Waals surface area contributed by atoms with Crippen molar-refractivity contribution in [1.29, 1.82) is 0 Å². The van der Waals surface area contributed by atoms with Crippen LogP contribution in [0.4, 0.5) is 5.69 Å². The Labute approximate surface area is 166 Å². The van der Waals surface area contributed by atoms with Gasteiger partial charge in [-0.1, -0.05) is 17.7 Å². The minimum absolute atomic E-state index is 0.0253. The number of carbonyl (C=O) groups is 1. The van der Waals surface area contributed by atoms with Crippen molar-refractivity contribution >= 4 is 45.3 Å². The first-order chi connectivity index (χ1) is 12.9. The van der Waals surface area contributed by atoms with Gasteiger partial charge in [-0.15, -0.1) is 0 Å². The summed E-state index contributed by atoms with van der Waals surface area (Å²) in [5.41, 5.74) is 3.40. The Balaban J connectivity index is 1.70. The second kappa shape index (κ2) is 8.15. The first-order valence-corrected chi connectivity index (χ1v) is 8.74. The summed E-state index contributed by atoms with van der Waals surface area (Å²) in [6, 6.07) is 14.2. The minimum atomic E-state index is -0.475. The van der Waals surface area contributed by atoms with Crippen LogP contribution in [0, 0.1) is 10.1 Å². The van der Waals surface area contributed by atoms with Crippen molar-refractivity contribution in [3.05, 3.63) is 85.5 Å². The quantitative estimate of drug-likeness (QED) is 0.336. The molecule has 0 atom stereocenters. The number of hydrogen-bond acceptors (Lipinski definition) is 5. The first-order valence-electron chi connectivity index (χ1n) is 7.57. The fourth-order valence-corrected chi connectivity index (χ4v) is 2.99. The Hall–Kier alpha value is -2.97. The molecule has 7 nitrogen and oxygen atoms in total. The van der Waals surface area contributed by atoms with E-state index in [1.165, 1.54) is 24.4 Å². The summed E-state index contributed by atoms with van der Waals surface area (Å²) in [4.78, 5) is 22.3. The van der Waals surface area contributed by atoms with Crippen LogP contribution in [0.1, 0.15) is 16.1 Å². The molecule has 0 saturated carbocycles. The molecule has 2 aromatic carbocycles. The van der Waals surface area contributed by atoms with Crippen LogP contribution in [0.15, 0.2) is 68.6 Å². The average Bonchev–Trinajstić information content (AvgIpc) is 3.10. The molecule has 0 aliphatic heterocycles. The van der Waals surface area contributed by atoms with E-state index in [-0.39, 0.29) is 5.69 Å². The topological polar surface area (TPSA) is 97.7 Å². The van der Waals surface area contributed by atoms with E-state index in [0.717, 1.165) is 0 Å². The minimum Gasteiger partial charge on any atom is -0.455 e. The molecule has 1 N–H and O–H groups in total. The first kappa shape index (κ1) is 18.8. The van der Waals surface area contributed by atoms with Crippen molar-refractivity contribution in [1.82, 2.24) is 5.43 Å². The molecular formula is C18H11BrClN3O4. The smallest absolute Gasteiger partial charge is 0.271 e. The number of nitrogens with zero attached hydrogens (tertiary/aromatic N) is 2. The largest absolute Gasteiger partial charge is 0.455 e. The van der Waals surface area contributed by atoms with Gasteiger partial charge in [-0.05, 0) is 52.3 Å². The average molecular weight is 449 g/mol. The number of furan rings is 1. The maximum absolute atomic E-state index is 12.0. The molecular weight excluding hydrogens is 438 g/mol. The molecule has 3 aromatic rings. The number of nitro groups is 1. The SMILES string of the molecule is O=C(N/N=C/c1ccc(-c2ccc([N+](=O)[O-])cc2Br)o1)c1cccc(Cl)c1. The summed E-state index contributed by atoms with van der Waals surface area (Å²) >= 11 is 9.14. The number of nitrogens with one attached hydrogen (secondary N) is 1. The van der Waals surface area contributed by atoms with Gasteiger partial charge >= 0.3 is 0 Å². The Morgan fingerprint density at radius 3 is 2.74 bits per heavy atom. The lowest BCUT2D eigenvalue weighted by Crippen LogP contribution is -2.17. The van der Waals surface area contributed by atoms with E-state index in [9.17, 15) is 14.9 Å². The van der Waals surface area contributed by atoms with Crippen molar-refractivity contribution in [3.8, 4) is 11.3 Å². The van der Waals surface area contributed by atoms with Crippen LogP contribution in [-0.2, 0) is 0 Å². The molecule has 27 heavy (non-hydrogen) atoms. The van der Waals surface area contributed by atoms with E-state index in [2.05, 4.69) is 26.5 Å². The van der Waals surface area contributed by atoms with Crippen LogP contribution in [0.5, 0.6) is 0 Å². The predicted octanol–water partition coefficient (Wildman–Crippen LogP) is 5.03. The summed E-state index contributed by atoms with van der Waals surface area (Å²) in [5, 5.41) is 15.1. The van der Waals surface area contributed by atoms with Gasteiger partial charge in [0.25, 0.3) is 11.6 Å². The van der Waals surface area contributed by atoms with E-state index in [4.69, 9.17) is 16.0 Å². The van der Waals surface area contributed by atoms with Crippen LogP contribution in [0.3, 0.4) is 0 Å². The fourth-order valence-electron chi connectivity index (χ4n) is 2.23. The van der Waals surface area contributed by atoms with Crippen LogP contribution < -0.4 is 5.43 Å². The van der Waals surface area contributed by atoms with E-state index >= 15 is 0 Å². The number of rotatable bonds is 5. The van der Waals surface area contributed by atoms with E-state index in [1.54, 1.807) is 36.4 Å². The van der Waals surface area contributed by atoms with Crippen LogP contribution in [-0.4, -0.2) is 17.0 Å². The molecule has 1 heterocycles. The molecule has 0 aliphatic carbocycles. The number of carbonyl (C=O) groups excluding carboxylic acids is 1. The van der Waals surface area contributed by atoms with E-state index in [0.29, 0.717) is 32.1 Å². The number of hydrazone groups is 1. The van der Waals surface area contributed by atoms with Crippen molar-refractivity contribution in [2.24, 2.45) is 5.10 Å². The zero-order valence-electron chi connectivity index (χ0n) is 13.6. The molecule has 3 rings (SSSR count). The lowest BCUT2D eigenvalue weighted by atomic mass is 10.1. The highest BCUT2D eigenvalue weighted by Crippen LogP contribution is 2.32. The van der Waals surface area contributed by atoms with Crippen molar-refractivity contribution < 1.29 is 14.1 Å². The maximum atomic E-state index is 12.0.